The number of nitrogens with zero attached hydrogens (tertiary/aromatic N) is 1. The van der Waals surface area contributed by atoms with Gasteiger partial charge >= 0.3 is 0 Å². The van der Waals surface area contributed by atoms with Crippen molar-refractivity contribution in [3.8, 4) is 0 Å². The van der Waals surface area contributed by atoms with E-state index in [1.807, 2.05) is 6.92 Å². The molecule has 0 spiro atoms. The van der Waals surface area contributed by atoms with Gasteiger partial charge in [0.05, 0.1) is 11.1 Å². The van der Waals surface area contributed by atoms with Crippen LogP contribution in [0, 0.1) is 0 Å². The number of hydrogen-bond acceptors (Lipinski definition) is 3. The fourth-order valence-corrected chi connectivity index (χ4v) is 2.80. The molecule has 0 aromatic heterocycles. The number of unbranched alkanes of at least 4 members (excludes halogenated alkanes) is 3. The quantitative estimate of drug-likeness (QED) is 0.592. The van der Waals surface area contributed by atoms with Gasteiger partial charge in [0.1, 0.15) is 6.54 Å². The molecular formula is C18H24N2O3. The molecule has 1 heterocycles. The Hall–Kier alpha value is -2.17. The zero-order valence-electron chi connectivity index (χ0n) is 13.8. The smallest absolute Gasteiger partial charge is 0.262 e. The van der Waals surface area contributed by atoms with E-state index in [2.05, 4.69) is 12.2 Å². The Balaban J connectivity index is 1.84. The van der Waals surface area contributed by atoms with E-state index in [9.17, 15) is 14.4 Å². The van der Waals surface area contributed by atoms with Crippen LogP contribution in [0.1, 0.15) is 66.7 Å². The summed E-state index contributed by atoms with van der Waals surface area (Å²) in [5.41, 5.74) is 0.746. The van der Waals surface area contributed by atoms with Crippen LogP contribution in [-0.4, -0.2) is 35.2 Å². The number of rotatable bonds is 8. The Kier molecular flexibility index (Phi) is 5.90. The molecule has 5 heteroatoms. The molecule has 1 atom stereocenters. The molecule has 0 fully saturated rings. The van der Waals surface area contributed by atoms with E-state index >= 15 is 0 Å². The molecule has 1 N–H and O–H groups in total. The van der Waals surface area contributed by atoms with Gasteiger partial charge in [0.25, 0.3) is 11.8 Å². The van der Waals surface area contributed by atoms with Crippen LogP contribution in [0.15, 0.2) is 24.3 Å². The molecule has 0 aliphatic carbocycles. The minimum absolute atomic E-state index is 0.0505. The normalized spacial score (nSPS) is 14.8. The Morgan fingerprint density at radius 3 is 2.26 bits per heavy atom. The second-order valence-corrected chi connectivity index (χ2v) is 6.06. The van der Waals surface area contributed by atoms with Gasteiger partial charge in [0.2, 0.25) is 5.91 Å². The van der Waals surface area contributed by atoms with E-state index < -0.39 is 11.8 Å². The Labute approximate surface area is 137 Å². The number of hydrogen-bond donors (Lipinski definition) is 1. The Bertz CT molecular complexity index is 563. The number of fused-ring (bicyclic) bond motifs is 1. The third kappa shape index (κ3) is 4.18. The largest absolute Gasteiger partial charge is 0.352 e. The zero-order chi connectivity index (χ0) is 16.8. The predicted octanol–water partition coefficient (Wildman–Crippen LogP) is 2.76. The summed E-state index contributed by atoms with van der Waals surface area (Å²) < 4.78 is 0. The average molecular weight is 316 g/mol. The average Bonchev–Trinajstić information content (AvgIpc) is 2.77. The maximum atomic E-state index is 12.2. The summed E-state index contributed by atoms with van der Waals surface area (Å²) in [5, 5.41) is 2.87. The van der Waals surface area contributed by atoms with Crippen molar-refractivity contribution in [2.24, 2.45) is 0 Å². The fraction of sp³-hybridized carbons (Fsp3) is 0.500. The van der Waals surface area contributed by atoms with Crippen LogP contribution in [0.25, 0.3) is 0 Å². The summed E-state index contributed by atoms with van der Waals surface area (Å²) in [5.74, 6) is -1.07. The van der Waals surface area contributed by atoms with Gasteiger partial charge in [-0.3, -0.25) is 19.3 Å². The van der Waals surface area contributed by atoms with Crippen LogP contribution in [-0.2, 0) is 4.79 Å². The lowest BCUT2D eigenvalue weighted by Gasteiger charge is -2.17. The van der Waals surface area contributed by atoms with E-state index in [1.165, 1.54) is 12.8 Å². The van der Waals surface area contributed by atoms with Crippen molar-refractivity contribution in [1.82, 2.24) is 10.2 Å². The highest BCUT2D eigenvalue weighted by Crippen LogP contribution is 2.21. The molecule has 124 valence electrons. The van der Waals surface area contributed by atoms with Gasteiger partial charge in [-0.25, -0.2) is 0 Å². The first-order chi connectivity index (χ1) is 11.0. The van der Waals surface area contributed by atoms with Crippen LogP contribution >= 0.6 is 0 Å². The Morgan fingerprint density at radius 2 is 1.70 bits per heavy atom. The lowest BCUT2D eigenvalue weighted by atomic mass is 10.1. The SMILES string of the molecule is CCCCCC[C@H](C)NC(=O)CN1C(=O)c2ccccc2C1=O. The molecule has 1 aromatic carbocycles. The summed E-state index contributed by atoms with van der Waals surface area (Å²) in [6.07, 6.45) is 5.53. The summed E-state index contributed by atoms with van der Waals surface area (Å²) in [7, 11) is 0. The van der Waals surface area contributed by atoms with Gasteiger partial charge in [0, 0.05) is 6.04 Å². The highest BCUT2D eigenvalue weighted by atomic mass is 16.2. The maximum Gasteiger partial charge on any atom is 0.262 e. The third-order valence-corrected chi connectivity index (χ3v) is 4.08. The highest BCUT2D eigenvalue weighted by Gasteiger charge is 2.36. The van der Waals surface area contributed by atoms with Crippen LogP contribution in [0.5, 0.6) is 0 Å². The van der Waals surface area contributed by atoms with E-state index in [1.54, 1.807) is 24.3 Å². The van der Waals surface area contributed by atoms with Crippen molar-refractivity contribution in [2.45, 2.75) is 52.0 Å². The van der Waals surface area contributed by atoms with Crippen molar-refractivity contribution in [3.05, 3.63) is 35.4 Å². The lowest BCUT2D eigenvalue weighted by Crippen LogP contribution is -2.43. The van der Waals surface area contributed by atoms with Crippen molar-refractivity contribution in [1.29, 1.82) is 0 Å². The standard InChI is InChI=1S/C18H24N2O3/c1-3-4-5-6-9-13(2)19-16(21)12-20-17(22)14-10-7-8-11-15(14)18(20)23/h7-8,10-11,13H,3-6,9,12H2,1-2H3,(H,19,21)/t13-/m0/s1. The van der Waals surface area contributed by atoms with Gasteiger partial charge in [-0.05, 0) is 25.5 Å². The van der Waals surface area contributed by atoms with Crippen LogP contribution in [0.4, 0.5) is 0 Å². The van der Waals surface area contributed by atoms with Crippen molar-refractivity contribution in [3.63, 3.8) is 0 Å². The number of imide groups is 1. The summed E-state index contributed by atoms with van der Waals surface area (Å²) in [6.45, 7) is 3.89. The first kappa shape index (κ1) is 17.2. The summed E-state index contributed by atoms with van der Waals surface area (Å²) in [6, 6.07) is 6.71. The number of nitrogens with one attached hydrogen (secondary N) is 1. The van der Waals surface area contributed by atoms with Crippen LogP contribution in [0.2, 0.25) is 0 Å². The number of carbonyl (C=O) groups excluding carboxylic acids is 3. The lowest BCUT2D eigenvalue weighted by molar-refractivity contribution is -0.122. The molecule has 1 aliphatic heterocycles. The minimum Gasteiger partial charge on any atom is -0.352 e. The molecule has 5 nitrogen and oxygen atoms in total. The molecule has 0 saturated carbocycles. The molecule has 0 saturated heterocycles. The molecule has 0 radical (unpaired) electrons. The highest BCUT2D eigenvalue weighted by molar-refractivity contribution is 6.22. The van der Waals surface area contributed by atoms with Gasteiger partial charge in [-0.2, -0.15) is 0 Å². The maximum absolute atomic E-state index is 12.2. The summed E-state index contributed by atoms with van der Waals surface area (Å²) >= 11 is 0. The molecule has 1 aliphatic rings. The van der Waals surface area contributed by atoms with Gasteiger partial charge in [-0.15, -0.1) is 0 Å². The van der Waals surface area contributed by atoms with Crippen LogP contribution < -0.4 is 5.32 Å². The second-order valence-electron chi connectivity index (χ2n) is 6.06. The van der Waals surface area contributed by atoms with Crippen LogP contribution in [0.3, 0.4) is 0 Å². The Morgan fingerprint density at radius 1 is 1.09 bits per heavy atom. The van der Waals surface area contributed by atoms with E-state index in [0.29, 0.717) is 11.1 Å². The topological polar surface area (TPSA) is 66.5 Å². The monoisotopic (exact) mass is 316 g/mol. The molecular weight excluding hydrogens is 292 g/mol. The van der Waals surface area contributed by atoms with Crippen molar-refractivity contribution < 1.29 is 14.4 Å². The van der Waals surface area contributed by atoms with Gasteiger partial charge < -0.3 is 5.32 Å². The summed E-state index contributed by atoms with van der Waals surface area (Å²) in [4.78, 5) is 37.5. The predicted molar refractivity (Wildman–Crippen MR) is 88.2 cm³/mol. The number of carbonyl (C=O) groups is 3. The van der Waals surface area contributed by atoms with E-state index in [-0.39, 0.29) is 18.5 Å². The first-order valence-electron chi connectivity index (χ1n) is 8.29. The number of benzene rings is 1. The zero-order valence-corrected chi connectivity index (χ0v) is 13.8. The first-order valence-corrected chi connectivity index (χ1v) is 8.29. The fourth-order valence-electron chi connectivity index (χ4n) is 2.80. The molecule has 0 bridgehead atoms. The van der Waals surface area contributed by atoms with Crippen molar-refractivity contribution >= 4 is 17.7 Å². The molecule has 2 rings (SSSR count). The molecule has 3 amide bonds. The number of amides is 3. The molecule has 23 heavy (non-hydrogen) atoms. The van der Waals surface area contributed by atoms with Gasteiger partial charge in [-0.1, -0.05) is 44.7 Å². The minimum atomic E-state index is -0.392. The van der Waals surface area contributed by atoms with Gasteiger partial charge in [0.15, 0.2) is 0 Å². The molecule has 1 aromatic rings. The third-order valence-electron chi connectivity index (χ3n) is 4.08. The molecule has 0 unspecified atom stereocenters. The van der Waals surface area contributed by atoms with Crippen molar-refractivity contribution in [2.75, 3.05) is 6.54 Å². The van der Waals surface area contributed by atoms with E-state index in [0.717, 1.165) is 24.2 Å². The second kappa shape index (κ2) is 7.90. The van der Waals surface area contributed by atoms with E-state index in [4.69, 9.17) is 0 Å².